The van der Waals surface area contributed by atoms with E-state index in [1.165, 1.54) is 14.2 Å². The van der Waals surface area contributed by atoms with Gasteiger partial charge in [0.05, 0.1) is 49.8 Å². The van der Waals surface area contributed by atoms with Gasteiger partial charge in [-0.2, -0.15) is 0 Å². The highest BCUT2D eigenvalue weighted by molar-refractivity contribution is 5.90. The van der Waals surface area contributed by atoms with Crippen molar-refractivity contribution in [3.63, 3.8) is 0 Å². The molecule has 1 aliphatic rings. The third kappa shape index (κ3) is 12.7. The van der Waals surface area contributed by atoms with Gasteiger partial charge in [-0.3, -0.25) is 24.1 Å². The Morgan fingerprint density at radius 2 is 1.51 bits per heavy atom. The number of benzene rings is 1. The van der Waals surface area contributed by atoms with Gasteiger partial charge in [-0.15, -0.1) is 0 Å². The van der Waals surface area contributed by atoms with Gasteiger partial charge in [-0.25, -0.2) is 4.79 Å². The van der Waals surface area contributed by atoms with Crippen molar-refractivity contribution in [1.82, 2.24) is 25.3 Å². The molecule has 0 radical (unpaired) electrons. The number of carbonyl (C=O) groups is 5. The molecule has 2 rings (SSSR count). The number of likely N-dealkylation sites (N-methyl/N-ethyl adjacent to an activating group) is 2. The molecule has 13 heteroatoms. The first kappa shape index (κ1) is 47.6. The normalized spacial score (nSPS) is 18.9. The van der Waals surface area contributed by atoms with Crippen LogP contribution >= 0.6 is 0 Å². The van der Waals surface area contributed by atoms with Crippen molar-refractivity contribution in [1.29, 1.82) is 0 Å². The zero-order valence-electron chi connectivity index (χ0n) is 35.8. The SMILES string of the molecule is CCC(C)[C@@H]([C@@H](CC(=O)N1CCC[C@H]1[C@H](OC)[C@@H](C)C(=O)NC(Cc1ccccc1)C(=O)OC)OC)N(C)C(=O)[C@@H](NC(=O)[C@H](C(C)C)N(C)CC)C(C)C. The van der Waals surface area contributed by atoms with Gasteiger partial charge >= 0.3 is 5.97 Å². The monoisotopic (exact) mass is 774 g/mol. The van der Waals surface area contributed by atoms with Gasteiger partial charge in [0.1, 0.15) is 12.1 Å². The van der Waals surface area contributed by atoms with Gasteiger partial charge in [-0.05, 0) is 49.8 Å². The summed E-state index contributed by atoms with van der Waals surface area (Å²) in [5.41, 5.74) is 0.876. The summed E-state index contributed by atoms with van der Waals surface area (Å²) in [4.78, 5) is 73.9. The zero-order valence-corrected chi connectivity index (χ0v) is 35.8. The number of hydrogen-bond acceptors (Lipinski definition) is 9. The van der Waals surface area contributed by atoms with Crippen LogP contribution in [0.5, 0.6) is 0 Å². The number of rotatable bonds is 22. The minimum atomic E-state index is -0.890. The second kappa shape index (κ2) is 22.9. The first-order valence-electron chi connectivity index (χ1n) is 20.0. The second-order valence-electron chi connectivity index (χ2n) is 15.9. The zero-order chi connectivity index (χ0) is 41.6. The number of nitrogens with one attached hydrogen (secondary N) is 2. The van der Waals surface area contributed by atoms with E-state index in [0.717, 1.165) is 18.4 Å². The molecule has 2 N–H and O–H groups in total. The van der Waals surface area contributed by atoms with Crippen molar-refractivity contribution in [3.8, 4) is 0 Å². The number of nitrogens with zero attached hydrogens (tertiary/aromatic N) is 3. The Kier molecular flexibility index (Phi) is 19.8. The molecule has 1 aromatic rings. The maximum Gasteiger partial charge on any atom is 0.328 e. The topological polar surface area (TPSA) is 147 Å². The summed E-state index contributed by atoms with van der Waals surface area (Å²) >= 11 is 0. The first-order valence-corrected chi connectivity index (χ1v) is 20.0. The fraction of sp³-hybridized carbons (Fsp3) is 0.738. The number of ether oxygens (including phenoxy) is 3. The molecule has 4 amide bonds. The molecule has 1 heterocycles. The molecule has 0 bridgehead atoms. The molecule has 1 saturated heterocycles. The van der Waals surface area contributed by atoms with E-state index in [1.807, 2.05) is 90.7 Å². The fourth-order valence-corrected chi connectivity index (χ4v) is 7.97. The summed E-state index contributed by atoms with van der Waals surface area (Å²) in [6.07, 6.45) is 1.08. The fourth-order valence-electron chi connectivity index (χ4n) is 7.97. The first-order chi connectivity index (χ1) is 26.0. The number of esters is 1. The van der Waals surface area contributed by atoms with Crippen LogP contribution < -0.4 is 10.6 Å². The van der Waals surface area contributed by atoms with Crippen molar-refractivity contribution in [2.45, 2.75) is 130 Å². The summed E-state index contributed by atoms with van der Waals surface area (Å²) < 4.78 is 17.0. The molecule has 13 nitrogen and oxygen atoms in total. The Morgan fingerprint density at radius 3 is 2.02 bits per heavy atom. The van der Waals surface area contributed by atoms with Crippen LogP contribution in [-0.2, 0) is 44.6 Å². The van der Waals surface area contributed by atoms with Crippen LogP contribution in [0.1, 0.15) is 86.6 Å². The van der Waals surface area contributed by atoms with E-state index < -0.39 is 48.3 Å². The molecule has 55 heavy (non-hydrogen) atoms. The highest BCUT2D eigenvalue weighted by Gasteiger charge is 2.43. The summed E-state index contributed by atoms with van der Waals surface area (Å²) in [5, 5.41) is 5.93. The van der Waals surface area contributed by atoms with Gasteiger partial charge in [-0.1, -0.05) is 92.1 Å². The van der Waals surface area contributed by atoms with Crippen molar-refractivity contribution >= 4 is 29.6 Å². The van der Waals surface area contributed by atoms with Crippen LogP contribution in [0.25, 0.3) is 0 Å². The molecule has 1 aliphatic heterocycles. The summed E-state index contributed by atoms with van der Waals surface area (Å²) in [5.74, 6) is -2.38. The minimum Gasteiger partial charge on any atom is -0.467 e. The lowest BCUT2D eigenvalue weighted by atomic mass is 9.89. The Morgan fingerprint density at radius 1 is 0.873 bits per heavy atom. The highest BCUT2D eigenvalue weighted by Crippen LogP contribution is 2.30. The minimum absolute atomic E-state index is 0.00749. The van der Waals surface area contributed by atoms with E-state index in [-0.39, 0.29) is 60.3 Å². The van der Waals surface area contributed by atoms with Gasteiger partial charge in [0.25, 0.3) is 0 Å². The van der Waals surface area contributed by atoms with E-state index in [1.54, 1.807) is 30.9 Å². The lowest BCUT2D eigenvalue weighted by molar-refractivity contribution is -0.149. The third-order valence-corrected chi connectivity index (χ3v) is 11.4. The van der Waals surface area contributed by atoms with Crippen LogP contribution in [0.4, 0.5) is 0 Å². The van der Waals surface area contributed by atoms with Crippen LogP contribution in [0.3, 0.4) is 0 Å². The molecule has 1 aromatic carbocycles. The molecule has 9 atom stereocenters. The predicted octanol–water partition coefficient (Wildman–Crippen LogP) is 3.92. The maximum absolute atomic E-state index is 14.3. The van der Waals surface area contributed by atoms with Crippen LogP contribution in [0.15, 0.2) is 30.3 Å². The molecule has 0 saturated carbocycles. The number of methoxy groups -OCH3 is 3. The van der Waals surface area contributed by atoms with Crippen molar-refractivity contribution in [2.75, 3.05) is 48.5 Å². The Balaban J connectivity index is 2.29. The standard InChI is InChI=1S/C42H71N5O8/c1-14-28(7)37(46(10)41(51)35(26(3)4)44-40(50)36(27(5)6)45(9)15-2)33(53-11)25-34(48)47-23-19-22-32(47)38(54-12)29(8)39(49)43-31(42(52)55-13)24-30-20-17-16-18-21-30/h16-18,20-21,26-29,31-33,35-38H,14-15,19,22-25H2,1-13H3,(H,43,49)(H,44,50)/t28?,29-,31?,32+,33-,35+,36+,37+,38-/m1/s1. The molecule has 0 spiro atoms. The lowest BCUT2D eigenvalue weighted by Gasteiger charge is -2.41. The van der Waals surface area contributed by atoms with Crippen molar-refractivity contribution in [2.24, 2.45) is 23.7 Å². The summed E-state index contributed by atoms with van der Waals surface area (Å²) in [6, 6.07) is 6.48. The molecule has 312 valence electrons. The van der Waals surface area contributed by atoms with Crippen molar-refractivity contribution in [3.05, 3.63) is 35.9 Å². The van der Waals surface area contributed by atoms with Gasteiger partial charge in [0.15, 0.2) is 0 Å². The number of amides is 4. The van der Waals surface area contributed by atoms with E-state index in [9.17, 15) is 24.0 Å². The number of carbonyl (C=O) groups excluding carboxylic acids is 5. The van der Waals surface area contributed by atoms with Gasteiger partial charge in [0, 0.05) is 34.2 Å². The molecule has 0 aliphatic carbocycles. The Bertz CT molecular complexity index is 1380. The van der Waals surface area contributed by atoms with E-state index in [2.05, 4.69) is 10.6 Å². The third-order valence-electron chi connectivity index (χ3n) is 11.4. The van der Waals surface area contributed by atoms with E-state index in [4.69, 9.17) is 14.2 Å². The van der Waals surface area contributed by atoms with Crippen LogP contribution in [0, 0.1) is 23.7 Å². The Hall–Kier alpha value is -3.55. The smallest absolute Gasteiger partial charge is 0.328 e. The van der Waals surface area contributed by atoms with E-state index >= 15 is 0 Å². The quantitative estimate of drug-likeness (QED) is 0.168. The van der Waals surface area contributed by atoms with Crippen molar-refractivity contribution < 1.29 is 38.2 Å². The number of likely N-dealkylation sites (tertiary alicyclic amines) is 1. The van der Waals surface area contributed by atoms with E-state index in [0.29, 0.717) is 19.5 Å². The predicted molar refractivity (Wildman–Crippen MR) is 214 cm³/mol. The summed E-state index contributed by atoms with van der Waals surface area (Å²) in [6.45, 7) is 16.8. The van der Waals surface area contributed by atoms with Crippen LogP contribution in [-0.4, -0.2) is 135 Å². The molecular formula is C42H71N5O8. The summed E-state index contributed by atoms with van der Waals surface area (Å²) in [7, 11) is 8.01. The molecule has 0 aromatic heterocycles. The second-order valence-corrected chi connectivity index (χ2v) is 15.9. The van der Waals surface area contributed by atoms with Gasteiger partial charge < -0.3 is 34.6 Å². The number of hydrogen-bond donors (Lipinski definition) is 2. The maximum atomic E-state index is 14.3. The average Bonchev–Trinajstić information content (AvgIpc) is 3.65. The Labute approximate surface area is 330 Å². The largest absolute Gasteiger partial charge is 0.467 e. The van der Waals surface area contributed by atoms with Crippen LogP contribution in [0.2, 0.25) is 0 Å². The molecular weight excluding hydrogens is 702 g/mol. The average molecular weight is 774 g/mol. The molecule has 2 unspecified atom stereocenters. The molecule has 1 fully saturated rings. The highest BCUT2D eigenvalue weighted by atomic mass is 16.5. The lowest BCUT2D eigenvalue weighted by Crippen LogP contribution is -2.60. The van der Waals surface area contributed by atoms with Gasteiger partial charge in [0.2, 0.25) is 23.6 Å².